The summed E-state index contributed by atoms with van der Waals surface area (Å²) in [6.07, 6.45) is 1.89. The summed E-state index contributed by atoms with van der Waals surface area (Å²) in [6, 6.07) is 40.1. The molecule has 0 N–H and O–H groups in total. The Labute approximate surface area is 186 Å². The van der Waals surface area contributed by atoms with Crippen LogP contribution in [0, 0.1) is 0 Å². The Kier molecular flexibility index (Phi) is 4.47. The van der Waals surface area contributed by atoms with Crippen molar-refractivity contribution in [2.75, 3.05) is 0 Å². The molecule has 0 saturated heterocycles. The van der Waals surface area contributed by atoms with Gasteiger partial charge < -0.3 is 0 Å². The van der Waals surface area contributed by atoms with Crippen molar-refractivity contribution in [3.63, 3.8) is 0 Å². The fourth-order valence-corrected chi connectivity index (χ4v) is 4.37. The fraction of sp³-hybridized carbons (Fsp3) is 0. The van der Waals surface area contributed by atoms with Gasteiger partial charge in [0, 0.05) is 22.5 Å². The Morgan fingerprint density at radius 1 is 0.438 bits per heavy atom. The molecule has 0 unspecified atom stereocenters. The molecule has 0 aliphatic rings. The molecule has 150 valence electrons. The van der Waals surface area contributed by atoms with Crippen molar-refractivity contribution in [2.24, 2.45) is 0 Å². The predicted molar refractivity (Wildman–Crippen MR) is 133 cm³/mol. The van der Waals surface area contributed by atoms with Crippen LogP contribution in [-0.4, -0.2) is 9.97 Å². The molecule has 6 aromatic rings. The number of hydrogen-bond donors (Lipinski definition) is 0. The molecule has 0 saturated carbocycles. The molecule has 0 amide bonds. The van der Waals surface area contributed by atoms with Gasteiger partial charge in [0.1, 0.15) is 0 Å². The molecular weight excluding hydrogens is 388 g/mol. The third-order valence-electron chi connectivity index (χ3n) is 5.92. The largest absolute Gasteiger partial charge is 0.256 e. The van der Waals surface area contributed by atoms with Crippen molar-refractivity contribution in [3.05, 3.63) is 121 Å². The smallest absolute Gasteiger partial charge is 0.0715 e. The maximum atomic E-state index is 4.94. The fourth-order valence-electron chi connectivity index (χ4n) is 4.37. The molecule has 6 rings (SSSR count). The second-order valence-electron chi connectivity index (χ2n) is 7.89. The average molecular weight is 409 g/mol. The van der Waals surface area contributed by atoms with Crippen LogP contribution in [0.2, 0.25) is 0 Å². The van der Waals surface area contributed by atoms with E-state index >= 15 is 0 Å². The minimum Gasteiger partial charge on any atom is -0.256 e. The first-order chi connectivity index (χ1) is 15.9. The van der Waals surface area contributed by atoms with Gasteiger partial charge in [0.15, 0.2) is 0 Å². The van der Waals surface area contributed by atoms with Crippen LogP contribution in [0.25, 0.3) is 55.3 Å². The van der Waals surface area contributed by atoms with E-state index in [-0.39, 0.29) is 0 Å². The van der Waals surface area contributed by atoms with Crippen LogP contribution < -0.4 is 0 Å². The molecule has 4 aromatic carbocycles. The highest BCUT2D eigenvalue weighted by Crippen LogP contribution is 2.35. The van der Waals surface area contributed by atoms with Crippen LogP contribution in [0.15, 0.2) is 121 Å². The highest BCUT2D eigenvalue weighted by molar-refractivity contribution is 5.99. The molecule has 0 fully saturated rings. The molecule has 0 bridgehead atoms. The molecule has 32 heavy (non-hydrogen) atoms. The lowest BCUT2D eigenvalue weighted by Gasteiger charge is -2.12. The summed E-state index contributed by atoms with van der Waals surface area (Å²) in [6.45, 7) is 0. The highest BCUT2D eigenvalue weighted by Gasteiger charge is 2.11. The van der Waals surface area contributed by atoms with Gasteiger partial charge in [0.05, 0.1) is 16.7 Å². The van der Waals surface area contributed by atoms with Crippen molar-refractivity contribution in [1.82, 2.24) is 9.97 Å². The van der Waals surface area contributed by atoms with E-state index < -0.39 is 0 Å². The summed E-state index contributed by atoms with van der Waals surface area (Å²) < 4.78 is 0. The van der Waals surface area contributed by atoms with Crippen LogP contribution in [0.3, 0.4) is 0 Å². The van der Waals surface area contributed by atoms with Crippen molar-refractivity contribution in [1.29, 1.82) is 0 Å². The van der Waals surface area contributed by atoms with E-state index in [9.17, 15) is 0 Å². The minimum absolute atomic E-state index is 0.985. The van der Waals surface area contributed by atoms with Gasteiger partial charge in [0.25, 0.3) is 0 Å². The second-order valence-corrected chi connectivity index (χ2v) is 7.89. The Hall–Kier alpha value is -4.30. The summed E-state index contributed by atoms with van der Waals surface area (Å²) in [5.41, 5.74) is 8.87. The number of hydrogen-bond acceptors (Lipinski definition) is 2. The lowest BCUT2D eigenvalue weighted by atomic mass is 9.94. The van der Waals surface area contributed by atoms with E-state index in [0.29, 0.717) is 0 Å². The maximum absolute atomic E-state index is 4.94. The number of pyridine rings is 2. The lowest BCUT2D eigenvalue weighted by molar-refractivity contribution is 1.40. The van der Waals surface area contributed by atoms with Crippen LogP contribution in [0.4, 0.5) is 0 Å². The third-order valence-corrected chi connectivity index (χ3v) is 5.92. The zero-order valence-electron chi connectivity index (χ0n) is 17.4. The summed E-state index contributed by atoms with van der Waals surface area (Å²) in [5, 5.41) is 2.32. The molecule has 0 aliphatic heterocycles. The second kappa shape index (κ2) is 7.75. The summed E-state index contributed by atoms with van der Waals surface area (Å²) >= 11 is 0. The number of benzene rings is 4. The Balaban J connectivity index is 1.57. The summed E-state index contributed by atoms with van der Waals surface area (Å²) in [5.74, 6) is 0. The van der Waals surface area contributed by atoms with Crippen LogP contribution in [-0.2, 0) is 0 Å². The minimum atomic E-state index is 0.985. The quantitative estimate of drug-likeness (QED) is 0.299. The van der Waals surface area contributed by atoms with Crippen molar-refractivity contribution >= 4 is 21.8 Å². The summed E-state index contributed by atoms with van der Waals surface area (Å²) in [7, 11) is 0. The normalized spacial score (nSPS) is 11.1. The average Bonchev–Trinajstić information content (AvgIpc) is 2.88. The molecule has 0 radical (unpaired) electrons. The number of aromatic nitrogens is 2. The van der Waals surface area contributed by atoms with Crippen molar-refractivity contribution in [2.45, 2.75) is 0 Å². The Morgan fingerprint density at radius 3 is 1.88 bits per heavy atom. The van der Waals surface area contributed by atoms with E-state index in [0.717, 1.165) is 33.1 Å². The number of fused-ring (bicyclic) bond motifs is 2. The zero-order valence-corrected chi connectivity index (χ0v) is 17.4. The first kappa shape index (κ1) is 18.5. The third kappa shape index (κ3) is 3.23. The molecule has 2 nitrogen and oxygen atoms in total. The van der Waals surface area contributed by atoms with Gasteiger partial charge in [-0.2, -0.15) is 0 Å². The van der Waals surface area contributed by atoms with Crippen LogP contribution >= 0.6 is 0 Å². The molecule has 0 atom stereocenters. The maximum Gasteiger partial charge on any atom is 0.0715 e. The lowest BCUT2D eigenvalue weighted by Crippen LogP contribution is -1.90. The van der Waals surface area contributed by atoms with Crippen LogP contribution in [0.1, 0.15) is 0 Å². The van der Waals surface area contributed by atoms with E-state index in [2.05, 4.69) is 102 Å². The monoisotopic (exact) mass is 408 g/mol. The van der Waals surface area contributed by atoms with Gasteiger partial charge in [-0.1, -0.05) is 84.9 Å². The standard InChI is InChI=1S/C30H20N2/c1-2-9-21(10-3-1)30-20-27(26-14-5-7-16-29(26)32-30)23-12-8-11-22(19-23)24-17-18-31-28-15-6-4-13-25(24)28/h1-20H. The first-order valence-corrected chi connectivity index (χ1v) is 10.8. The molecule has 2 aromatic heterocycles. The number of rotatable bonds is 3. The Bertz CT molecular complexity index is 1560. The van der Waals surface area contributed by atoms with Crippen molar-refractivity contribution in [3.8, 4) is 33.5 Å². The molecular formula is C30H20N2. The SMILES string of the molecule is c1ccc(-c2cc(-c3cccc(-c4ccnc5ccccc45)c3)c3ccccc3n2)cc1. The van der Waals surface area contributed by atoms with Gasteiger partial charge in [0.2, 0.25) is 0 Å². The molecule has 0 aliphatic carbocycles. The predicted octanol–water partition coefficient (Wildman–Crippen LogP) is 7.78. The topological polar surface area (TPSA) is 25.8 Å². The van der Waals surface area contributed by atoms with Crippen molar-refractivity contribution < 1.29 is 0 Å². The van der Waals surface area contributed by atoms with Gasteiger partial charge in [-0.25, -0.2) is 4.98 Å². The summed E-state index contributed by atoms with van der Waals surface area (Å²) in [4.78, 5) is 9.47. The Morgan fingerprint density at radius 2 is 1.06 bits per heavy atom. The molecule has 0 spiro atoms. The molecule has 2 heteroatoms. The highest BCUT2D eigenvalue weighted by atomic mass is 14.7. The van der Waals surface area contributed by atoms with Gasteiger partial charge in [-0.3, -0.25) is 4.98 Å². The van der Waals surface area contributed by atoms with Gasteiger partial charge in [-0.05, 0) is 52.6 Å². The number of para-hydroxylation sites is 2. The van der Waals surface area contributed by atoms with Gasteiger partial charge >= 0.3 is 0 Å². The zero-order chi connectivity index (χ0) is 21.3. The van der Waals surface area contributed by atoms with E-state index in [4.69, 9.17) is 4.98 Å². The van der Waals surface area contributed by atoms with E-state index in [1.54, 1.807) is 0 Å². The van der Waals surface area contributed by atoms with E-state index in [1.807, 2.05) is 24.4 Å². The number of nitrogens with zero attached hydrogens (tertiary/aromatic N) is 2. The molecule has 2 heterocycles. The first-order valence-electron chi connectivity index (χ1n) is 10.8. The van der Waals surface area contributed by atoms with Crippen LogP contribution in [0.5, 0.6) is 0 Å². The van der Waals surface area contributed by atoms with Gasteiger partial charge in [-0.15, -0.1) is 0 Å². The van der Waals surface area contributed by atoms with E-state index in [1.165, 1.54) is 22.3 Å².